The molecule has 96 valence electrons. The van der Waals surface area contributed by atoms with Crippen LogP contribution in [0.3, 0.4) is 0 Å². The van der Waals surface area contributed by atoms with E-state index in [1.165, 1.54) is 31.2 Å². The van der Waals surface area contributed by atoms with Crippen molar-refractivity contribution in [2.24, 2.45) is 5.92 Å². The highest BCUT2D eigenvalue weighted by Gasteiger charge is 2.40. The van der Waals surface area contributed by atoms with E-state index >= 15 is 0 Å². The molecule has 1 aromatic carbocycles. The largest absolute Gasteiger partial charge is 0.304 e. The van der Waals surface area contributed by atoms with E-state index < -0.39 is 0 Å². The summed E-state index contributed by atoms with van der Waals surface area (Å²) in [5, 5.41) is 0. The second-order valence-corrected chi connectivity index (χ2v) is 5.53. The van der Waals surface area contributed by atoms with Crippen LogP contribution < -0.4 is 0 Å². The van der Waals surface area contributed by atoms with Gasteiger partial charge in [-0.1, -0.05) is 36.8 Å². The predicted octanol–water partition coefficient (Wildman–Crippen LogP) is 3.77. The van der Waals surface area contributed by atoms with Crippen LogP contribution in [0, 0.1) is 5.92 Å². The van der Waals surface area contributed by atoms with E-state index in [0.29, 0.717) is 5.54 Å². The maximum absolute atomic E-state index is 2.42. The lowest BCUT2D eigenvalue weighted by molar-refractivity contribution is 0.123. The Hall–Kier alpha value is -0.530. The van der Waals surface area contributed by atoms with E-state index in [9.17, 15) is 0 Å². The van der Waals surface area contributed by atoms with Crippen molar-refractivity contribution >= 4 is 12.4 Å². The van der Waals surface area contributed by atoms with Gasteiger partial charge in [0.2, 0.25) is 0 Å². The van der Waals surface area contributed by atoms with Crippen LogP contribution in [0.25, 0.3) is 0 Å². The number of rotatable bonds is 3. The Labute approximate surface area is 112 Å². The predicted molar refractivity (Wildman–Crippen MR) is 76.8 cm³/mol. The first kappa shape index (κ1) is 14.5. The maximum Gasteiger partial charge on any atom is 0.0206 e. The van der Waals surface area contributed by atoms with Crippen LogP contribution in [-0.4, -0.2) is 24.5 Å². The molecule has 1 aliphatic rings. The van der Waals surface area contributed by atoms with Crippen LogP contribution in [0.2, 0.25) is 0 Å². The molecule has 2 rings (SSSR count). The SMILES string of the molecule is CN(C)C1(C)CCCC1Cc1ccccc1.Cl. The van der Waals surface area contributed by atoms with E-state index in [2.05, 4.69) is 56.3 Å². The molecule has 2 unspecified atom stereocenters. The Morgan fingerprint density at radius 2 is 1.88 bits per heavy atom. The average Bonchev–Trinajstić information content (AvgIpc) is 2.63. The zero-order chi connectivity index (χ0) is 11.6. The van der Waals surface area contributed by atoms with Gasteiger partial charge >= 0.3 is 0 Å². The summed E-state index contributed by atoms with van der Waals surface area (Å²) in [7, 11) is 4.45. The Balaban J connectivity index is 0.00000144. The quantitative estimate of drug-likeness (QED) is 0.793. The third-order valence-corrected chi connectivity index (χ3v) is 4.46. The Morgan fingerprint density at radius 1 is 1.24 bits per heavy atom. The molecule has 0 amide bonds. The topological polar surface area (TPSA) is 3.24 Å². The van der Waals surface area contributed by atoms with E-state index in [0.717, 1.165) is 5.92 Å². The van der Waals surface area contributed by atoms with Gasteiger partial charge in [0.25, 0.3) is 0 Å². The van der Waals surface area contributed by atoms with Gasteiger partial charge in [-0.2, -0.15) is 0 Å². The average molecular weight is 254 g/mol. The zero-order valence-corrected chi connectivity index (χ0v) is 12.0. The lowest BCUT2D eigenvalue weighted by atomic mass is 9.83. The summed E-state index contributed by atoms with van der Waals surface area (Å²) in [4.78, 5) is 2.42. The number of hydrogen-bond acceptors (Lipinski definition) is 1. The van der Waals surface area contributed by atoms with Crippen molar-refractivity contribution in [2.75, 3.05) is 14.1 Å². The molecule has 0 spiro atoms. The first-order valence-electron chi connectivity index (χ1n) is 6.34. The van der Waals surface area contributed by atoms with E-state index in [4.69, 9.17) is 0 Å². The van der Waals surface area contributed by atoms with Gasteiger partial charge in [0, 0.05) is 5.54 Å². The molecule has 0 radical (unpaired) electrons. The molecule has 2 heteroatoms. The van der Waals surface area contributed by atoms with Gasteiger partial charge in [-0.05, 0) is 51.8 Å². The summed E-state index contributed by atoms with van der Waals surface area (Å²) in [5.74, 6) is 0.810. The van der Waals surface area contributed by atoms with Crippen LogP contribution in [-0.2, 0) is 6.42 Å². The number of hydrogen-bond donors (Lipinski definition) is 0. The van der Waals surface area contributed by atoms with Crippen molar-refractivity contribution in [2.45, 2.75) is 38.1 Å². The summed E-state index contributed by atoms with van der Waals surface area (Å²) in [5.41, 5.74) is 1.89. The molecule has 0 N–H and O–H groups in total. The molecule has 0 aromatic heterocycles. The molecule has 0 heterocycles. The number of benzene rings is 1. The first-order chi connectivity index (χ1) is 7.63. The Bertz CT molecular complexity index is 336. The summed E-state index contributed by atoms with van der Waals surface area (Å²) >= 11 is 0. The molecule has 2 atom stereocenters. The minimum atomic E-state index is 0. The molecule has 1 aliphatic carbocycles. The minimum absolute atomic E-state index is 0. The van der Waals surface area contributed by atoms with Crippen LogP contribution in [0.15, 0.2) is 30.3 Å². The summed E-state index contributed by atoms with van der Waals surface area (Å²) in [6.07, 6.45) is 5.34. The fourth-order valence-electron chi connectivity index (χ4n) is 3.03. The van der Waals surface area contributed by atoms with Gasteiger partial charge < -0.3 is 4.90 Å². The lowest BCUT2D eigenvalue weighted by Crippen LogP contribution is -2.45. The highest BCUT2D eigenvalue weighted by atomic mass is 35.5. The zero-order valence-electron chi connectivity index (χ0n) is 11.1. The van der Waals surface area contributed by atoms with Crippen molar-refractivity contribution < 1.29 is 0 Å². The van der Waals surface area contributed by atoms with Crippen LogP contribution in [0.4, 0.5) is 0 Å². The van der Waals surface area contributed by atoms with Gasteiger partial charge in [-0.25, -0.2) is 0 Å². The van der Waals surface area contributed by atoms with Crippen molar-refractivity contribution in [3.05, 3.63) is 35.9 Å². The third-order valence-electron chi connectivity index (χ3n) is 4.46. The molecular weight excluding hydrogens is 230 g/mol. The van der Waals surface area contributed by atoms with E-state index in [1.807, 2.05) is 0 Å². The fourth-order valence-corrected chi connectivity index (χ4v) is 3.03. The highest BCUT2D eigenvalue weighted by Crippen LogP contribution is 2.40. The molecule has 0 aliphatic heterocycles. The molecule has 0 bridgehead atoms. The standard InChI is InChI=1S/C15H23N.ClH/c1-15(16(2)3)11-7-10-14(15)12-13-8-5-4-6-9-13;/h4-6,8-9,14H,7,10-12H2,1-3H3;1H. The normalized spacial score (nSPS) is 28.1. The van der Waals surface area contributed by atoms with Crippen molar-refractivity contribution in [3.63, 3.8) is 0 Å². The van der Waals surface area contributed by atoms with E-state index in [1.54, 1.807) is 0 Å². The lowest BCUT2D eigenvalue weighted by Gasteiger charge is -2.38. The smallest absolute Gasteiger partial charge is 0.0206 e. The van der Waals surface area contributed by atoms with Crippen LogP contribution >= 0.6 is 12.4 Å². The van der Waals surface area contributed by atoms with Crippen molar-refractivity contribution in [1.82, 2.24) is 4.90 Å². The summed E-state index contributed by atoms with van der Waals surface area (Å²) < 4.78 is 0. The number of nitrogens with zero attached hydrogens (tertiary/aromatic N) is 1. The first-order valence-corrected chi connectivity index (χ1v) is 6.34. The molecule has 1 nitrogen and oxygen atoms in total. The maximum atomic E-state index is 2.42. The van der Waals surface area contributed by atoms with Crippen molar-refractivity contribution in [3.8, 4) is 0 Å². The third kappa shape index (κ3) is 3.02. The summed E-state index contributed by atoms with van der Waals surface area (Å²) in [6.45, 7) is 2.42. The van der Waals surface area contributed by atoms with Gasteiger partial charge in [-0.3, -0.25) is 0 Å². The van der Waals surface area contributed by atoms with Crippen LogP contribution in [0.1, 0.15) is 31.7 Å². The highest BCUT2D eigenvalue weighted by molar-refractivity contribution is 5.85. The van der Waals surface area contributed by atoms with Gasteiger partial charge in [0.05, 0.1) is 0 Å². The minimum Gasteiger partial charge on any atom is -0.304 e. The molecule has 0 saturated heterocycles. The Morgan fingerprint density at radius 3 is 2.47 bits per heavy atom. The van der Waals surface area contributed by atoms with Gasteiger partial charge in [0.1, 0.15) is 0 Å². The number of halogens is 1. The molecule has 1 fully saturated rings. The second kappa shape index (κ2) is 5.88. The van der Waals surface area contributed by atoms with Crippen LogP contribution in [0.5, 0.6) is 0 Å². The van der Waals surface area contributed by atoms with Crippen molar-refractivity contribution in [1.29, 1.82) is 0 Å². The Kier molecular flexibility index (Phi) is 5.03. The monoisotopic (exact) mass is 253 g/mol. The summed E-state index contributed by atoms with van der Waals surface area (Å²) in [6, 6.07) is 10.9. The van der Waals surface area contributed by atoms with Gasteiger partial charge in [0.15, 0.2) is 0 Å². The fraction of sp³-hybridized carbons (Fsp3) is 0.600. The second-order valence-electron chi connectivity index (χ2n) is 5.53. The van der Waals surface area contributed by atoms with E-state index in [-0.39, 0.29) is 12.4 Å². The molecule has 17 heavy (non-hydrogen) atoms. The molecular formula is C15H24ClN. The molecule has 1 saturated carbocycles. The molecule has 1 aromatic rings. The van der Waals surface area contributed by atoms with Gasteiger partial charge in [-0.15, -0.1) is 12.4 Å².